The third-order valence-corrected chi connectivity index (χ3v) is 7.88. The van der Waals surface area contributed by atoms with Crippen LogP contribution in [0.4, 0.5) is 10.1 Å². The summed E-state index contributed by atoms with van der Waals surface area (Å²) in [5.74, 6) is 1.37. The Hall–Kier alpha value is -2.89. The lowest BCUT2D eigenvalue weighted by molar-refractivity contribution is -0.168. The largest absolute Gasteiger partial charge is 0.485 e. The predicted octanol–water partition coefficient (Wildman–Crippen LogP) is 8.22. The van der Waals surface area contributed by atoms with Crippen molar-refractivity contribution in [3.8, 4) is 5.75 Å². The van der Waals surface area contributed by atoms with Crippen molar-refractivity contribution in [1.29, 1.82) is 0 Å². The predicted molar refractivity (Wildman–Crippen MR) is 150 cm³/mol. The van der Waals surface area contributed by atoms with E-state index >= 15 is 0 Å². The second kappa shape index (κ2) is 12.3. The average molecular weight is 518 g/mol. The van der Waals surface area contributed by atoms with Gasteiger partial charge in [-0.2, -0.15) is 0 Å². The number of halogens is 1. The molecule has 5 heteroatoms. The van der Waals surface area contributed by atoms with Crippen LogP contribution in [0.15, 0.2) is 72.8 Å². The first-order chi connectivity index (χ1) is 18.5. The minimum atomic E-state index is -0.555. The van der Waals surface area contributed by atoms with Gasteiger partial charge in [0.25, 0.3) is 0 Å². The lowest BCUT2D eigenvalue weighted by Crippen LogP contribution is -2.51. The topological polar surface area (TPSA) is 39.7 Å². The Labute approximate surface area is 226 Å². The van der Waals surface area contributed by atoms with Gasteiger partial charge < -0.3 is 19.5 Å². The highest BCUT2D eigenvalue weighted by Crippen LogP contribution is 2.45. The molecule has 2 atom stereocenters. The molecule has 1 aliphatic carbocycles. The van der Waals surface area contributed by atoms with Gasteiger partial charge in [0.05, 0.1) is 6.61 Å². The van der Waals surface area contributed by atoms with Crippen molar-refractivity contribution in [2.24, 2.45) is 5.92 Å². The molecule has 3 aromatic rings. The summed E-state index contributed by atoms with van der Waals surface area (Å²) in [5, 5.41) is 3.48. The van der Waals surface area contributed by atoms with Gasteiger partial charge in [-0.3, -0.25) is 0 Å². The van der Waals surface area contributed by atoms with E-state index in [4.69, 9.17) is 14.2 Å². The van der Waals surface area contributed by atoms with Gasteiger partial charge in [0.2, 0.25) is 0 Å². The Kier molecular flexibility index (Phi) is 8.65. The van der Waals surface area contributed by atoms with Crippen molar-refractivity contribution in [3.05, 3.63) is 95.3 Å². The molecule has 2 aliphatic rings. The number of benzene rings is 3. The van der Waals surface area contributed by atoms with E-state index in [0.29, 0.717) is 19.8 Å². The summed E-state index contributed by atoms with van der Waals surface area (Å²) in [6.07, 6.45) is 7.23. The molecule has 1 fully saturated rings. The van der Waals surface area contributed by atoms with E-state index in [2.05, 4.69) is 37.4 Å². The number of rotatable bonds is 10. The molecule has 0 saturated heterocycles. The maximum absolute atomic E-state index is 13.3. The van der Waals surface area contributed by atoms with E-state index in [1.54, 1.807) is 12.1 Å². The van der Waals surface area contributed by atoms with Gasteiger partial charge in [0.1, 0.15) is 29.4 Å². The van der Waals surface area contributed by atoms with Crippen LogP contribution in [0.25, 0.3) is 0 Å². The Balaban J connectivity index is 1.35. The van der Waals surface area contributed by atoms with Crippen LogP contribution in [0, 0.1) is 11.7 Å². The molecule has 4 nitrogen and oxygen atoms in total. The smallest absolute Gasteiger partial charge is 0.132 e. The molecule has 5 rings (SSSR count). The molecule has 202 valence electrons. The fourth-order valence-corrected chi connectivity index (χ4v) is 5.71. The number of ether oxygens (including phenoxy) is 3. The van der Waals surface area contributed by atoms with Gasteiger partial charge in [0, 0.05) is 24.4 Å². The van der Waals surface area contributed by atoms with Gasteiger partial charge in [-0.1, -0.05) is 74.6 Å². The fraction of sp³-hybridized carbons (Fsp3) is 0.455. The first-order valence-electron chi connectivity index (χ1n) is 14.1. The van der Waals surface area contributed by atoms with Gasteiger partial charge >= 0.3 is 0 Å². The first kappa shape index (κ1) is 26.7. The number of anilines is 1. The summed E-state index contributed by atoms with van der Waals surface area (Å²) in [7, 11) is 0. The number of fused-ring (bicyclic) bond motifs is 1. The van der Waals surface area contributed by atoms with E-state index < -0.39 is 5.60 Å². The zero-order chi connectivity index (χ0) is 26.4. The molecule has 1 heterocycles. The second-order valence-corrected chi connectivity index (χ2v) is 11.2. The summed E-state index contributed by atoms with van der Waals surface area (Å²) in [5.41, 5.74) is 3.57. The molecule has 1 saturated carbocycles. The molecule has 0 amide bonds. The van der Waals surface area contributed by atoms with Gasteiger partial charge in [-0.05, 0) is 67.6 Å². The third kappa shape index (κ3) is 6.75. The number of nitrogens with one attached hydrogen (secondary N) is 1. The Morgan fingerprint density at radius 3 is 2.42 bits per heavy atom. The van der Waals surface area contributed by atoms with Crippen molar-refractivity contribution >= 4 is 5.69 Å². The zero-order valence-corrected chi connectivity index (χ0v) is 22.6. The van der Waals surface area contributed by atoms with Crippen molar-refractivity contribution in [3.63, 3.8) is 0 Å². The molecule has 0 aromatic heterocycles. The molecular weight excluding hydrogens is 477 g/mol. The van der Waals surface area contributed by atoms with E-state index in [1.165, 1.54) is 44.2 Å². The highest BCUT2D eigenvalue weighted by molar-refractivity contribution is 5.54. The van der Waals surface area contributed by atoms with Crippen molar-refractivity contribution in [1.82, 2.24) is 0 Å². The molecule has 38 heavy (non-hydrogen) atoms. The molecular formula is C33H40FNO3. The summed E-state index contributed by atoms with van der Waals surface area (Å²) in [4.78, 5) is 0. The van der Waals surface area contributed by atoms with E-state index in [1.807, 2.05) is 30.3 Å². The number of hydrogen-bond acceptors (Lipinski definition) is 4. The van der Waals surface area contributed by atoms with Crippen LogP contribution in [-0.4, -0.2) is 18.3 Å². The maximum Gasteiger partial charge on any atom is 0.132 e. The fourth-order valence-electron chi connectivity index (χ4n) is 5.71. The quantitative estimate of drug-likeness (QED) is 0.294. The molecule has 0 spiro atoms. The Morgan fingerprint density at radius 1 is 0.895 bits per heavy atom. The third-order valence-electron chi connectivity index (χ3n) is 7.88. The lowest BCUT2D eigenvalue weighted by atomic mass is 9.86. The van der Waals surface area contributed by atoms with E-state index in [9.17, 15) is 4.39 Å². The first-order valence-corrected chi connectivity index (χ1v) is 14.1. The van der Waals surface area contributed by atoms with Crippen LogP contribution in [-0.2, 0) is 22.6 Å². The lowest BCUT2D eigenvalue weighted by Gasteiger charge is -2.44. The molecule has 2 unspecified atom stereocenters. The van der Waals surface area contributed by atoms with Crippen LogP contribution in [0.3, 0.4) is 0 Å². The van der Waals surface area contributed by atoms with Crippen LogP contribution in [0.5, 0.6) is 5.75 Å². The SMILES string of the molecule is CC1(C)Oc2ccc(NCc3ccc(F)cc3)cc2C(OCCC2CCCCC2)C1OCc1ccccc1. The maximum atomic E-state index is 13.3. The normalized spacial score (nSPS) is 20.9. The monoisotopic (exact) mass is 517 g/mol. The zero-order valence-electron chi connectivity index (χ0n) is 22.6. The molecule has 3 aromatic carbocycles. The summed E-state index contributed by atoms with van der Waals surface area (Å²) < 4.78 is 33.1. The second-order valence-electron chi connectivity index (χ2n) is 11.2. The number of hydrogen-bond donors (Lipinski definition) is 1. The highest BCUT2D eigenvalue weighted by atomic mass is 19.1. The van der Waals surface area contributed by atoms with Crippen LogP contribution < -0.4 is 10.1 Å². The van der Waals surface area contributed by atoms with Crippen LogP contribution >= 0.6 is 0 Å². The average Bonchev–Trinajstić information content (AvgIpc) is 2.93. The van der Waals surface area contributed by atoms with E-state index in [-0.39, 0.29) is 18.0 Å². The van der Waals surface area contributed by atoms with Crippen molar-refractivity contribution in [2.75, 3.05) is 11.9 Å². The van der Waals surface area contributed by atoms with Gasteiger partial charge in [-0.25, -0.2) is 4.39 Å². The summed E-state index contributed by atoms with van der Waals surface area (Å²) in [6, 6.07) is 23.0. The molecule has 0 bridgehead atoms. The summed E-state index contributed by atoms with van der Waals surface area (Å²) >= 11 is 0. The minimum absolute atomic E-state index is 0.225. The van der Waals surface area contributed by atoms with Crippen LogP contribution in [0.2, 0.25) is 0 Å². The Bertz CT molecular complexity index is 1160. The van der Waals surface area contributed by atoms with Crippen molar-refractivity contribution < 1.29 is 18.6 Å². The highest BCUT2D eigenvalue weighted by Gasteiger charge is 2.45. The summed E-state index contributed by atoms with van der Waals surface area (Å²) in [6.45, 7) is 5.99. The van der Waals surface area contributed by atoms with Gasteiger partial charge in [-0.15, -0.1) is 0 Å². The van der Waals surface area contributed by atoms with Crippen LogP contribution in [0.1, 0.15) is 75.2 Å². The minimum Gasteiger partial charge on any atom is -0.485 e. The molecule has 1 aliphatic heterocycles. The van der Waals surface area contributed by atoms with Gasteiger partial charge in [0.15, 0.2) is 0 Å². The molecule has 1 N–H and O–H groups in total. The van der Waals surface area contributed by atoms with E-state index in [0.717, 1.165) is 40.5 Å². The molecule has 0 radical (unpaired) electrons. The standard InChI is InChI=1S/C33H40FNO3/c1-33(2)32(37-23-26-11-7-4-8-12-26)31(36-20-19-24-9-5-3-6-10-24)29-21-28(17-18-30(29)38-33)35-22-25-13-15-27(34)16-14-25/h4,7-8,11-18,21,24,31-32,35H,3,5-6,9-10,19-20,22-23H2,1-2H3. The van der Waals surface area contributed by atoms with Crippen molar-refractivity contribution in [2.45, 2.75) is 83.3 Å². The Morgan fingerprint density at radius 2 is 1.66 bits per heavy atom.